The second-order valence-corrected chi connectivity index (χ2v) is 6.87. The first-order valence-corrected chi connectivity index (χ1v) is 8.12. The minimum atomic E-state index is 0.0596. The molecule has 2 rings (SSSR count). The SMILES string of the molecule is CCCC1NC(CC(C)C)C(=O)N1C1CCCC1C. The number of hydrogen-bond acceptors (Lipinski definition) is 2. The Bertz CT molecular complexity index is 316. The largest absolute Gasteiger partial charge is 0.323 e. The summed E-state index contributed by atoms with van der Waals surface area (Å²) < 4.78 is 0. The summed E-state index contributed by atoms with van der Waals surface area (Å²) in [6, 6.07) is 0.540. The Morgan fingerprint density at radius 1 is 1.37 bits per heavy atom. The predicted molar refractivity (Wildman–Crippen MR) is 78.7 cm³/mol. The van der Waals surface area contributed by atoms with Gasteiger partial charge in [-0.2, -0.15) is 0 Å². The van der Waals surface area contributed by atoms with Crippen LogP contribution in [0, 0.1) is 11.8 Å². The smallest absolute Gasteiger partial charge is 0.241 e. The van der Waals surface area contributed by atoms with Crippen molar-refractivity contribution < 1.29 is 4.79 Å². The van der Waals surface area contributed by atoms with Crippen molar-refractivity contribution in [2.75, 3.05) is 0 Å². The predicted octanol–water partition coefficient (Wildman–Crippen LogP) is 3.15. The van der Waals surface area contributed by atoms with Crippen LogP contribution in [0.2, 0.25) is 0 Å². The molecule has 0 aromatic carbocycles. The summed E-state index contributed by atoms with van der Waals surface area (Å²) >= 11 is 0. The van der Waals surface area contributed by atoms with Crippen LogP contribution in [0.1, 0.15) is 66.2 Å². The zero-order valence-corrected chi connectivity index (χ0v) is 13.0. The molecule has 3 heteroatoms. The Balaban J connectivity index is 2.11. The van der Waals surface area contributed by atoms with Gasteiger partial charge in [-0.15, -0.1) is 0 Å². The van der Waals surface area contributed by atoms with E-state index in [1.165, 1.54) is 19.3 Å². The molecule has 2 fully saturated rings. The van der Waals surface area contributed by atoms with Crippen LogP contribution in [0.3, 0.4) is 0 Å². The van der Waals surface area contributed by atoms with Crippen LogP contribution < -0.4 is 5.32 Å². The van der Waals surface area contributed by atoms with E-state index in [1.54, 1.807) is 0 Å². The van der Waals surface area contributed by atoms with Crippen molar-refractivity contribution >= 4 is 5.91 Å². The van der Waals surface area contributed by atoms with Gasteiger partial charge in [0.25, 0.3) is 0 Å². The monoisotopic (exact) mass is 266 g/mol. The average Bonchev–Trinajstić information content (AvgIpc) is 2.85. The average molecular weight is 266 g/mol. The molecule has 0 bridgehead atoms. The second kappa shape index (κ2) is 6.25. The van der Waals surface area contributed by atoms with E-state index in [2.05, 4.69) is 37.9 Å². The highest BCUT2D eigenvalue weighted by molar-refractivity contribution is 5.84. The van der Waals surface area contributed by atoms with Crippen molar-refractivity contribution in [2.24, 2.45) is 11.8 Å². The molecule has 1 aliphatic heterocycles. The minimum Gasteiger partial charge on any atom is -0.323 e. The molecular formula is C16H30N2O. The van der Waals surface area contributed by atoms with Gasteiger partial charge in [0.2, 0.25) is 5.91 Å². The number of amides is 1. The Morgan fingerprint density at radius 3 is 2.63 bits per heavy atom. The standard InChI is InChI=1S/C16H30N2O/c1-5-7-15-17-13(10-11(2)3)16(19)18(15)14-9-6-8-12(14)4/h11-15,17H,5-10H2,1-4H3. The molecule has 0 radical (unpaired) electrons. The fourth-order valence-corrected chi connectivity index (χ4v) is 3.79. The van der Waals surface area contributed by atoms with Crippen LogP contribution in [0.15, 0.2) is 0 Å². The molecule has 0 spiro atoms. The van der Waals surface area contributed by atoms with Crippen molar-refractivity contribution in [3.63, 3.8) is 0 Å². The van der Waals surface area contributed by atoms with Gasteiger partial charge in [0.05, 0.1) is 12.2 Å². The molecule has 0 aromatic heterocycles. The lowest BCUT2D eigenvalue weighted by atomic mass is 10.0. The van der Waals surface area contributed by atoms with Crippen LogP contribution in [-0.2, 0) is 4.79 Å². The third-order valence-electron chi connectivity index (χ3n) is 4.72. The summed E-state index contributed by atoms with van der Waals surface area (Å²) in [6.45, 7) is 8.91. The van der Waals surface area contributed by atoms with Crippen LogP contribution in [0.5, 0.6) is 0 Å². The first kappa shape index (κ1) is 14.8. The summed E-state index contributed by atoms with van der Waals surface area (Å²) in [5.41, 5.74) is 0. The molecule has 2 aliphatic rings. The molecule has 1 heterocycles. The number of nitrogens with zero attached hydrogens (tertiary/aromatic N) is 1. The Hall–Kier alpha value is -0.570. The van der Waals surface area contributed by atoms with Gasteiger partial charge < -0.3 is 4.90 Å². The van der Waals surface area contributed by atoms with E-state index in [0.29, 0.717) is 23.8 Å². The molecule has 1 amide bonds. The Kier molecular flexibility index (Phi) is 4.88. The zero-order valence-electron chi connectivity index (χ0n) is 13.0. The van der Waals surface area contributed by atoms with Gasteiger partial charge in [0.15, 0.2) is 0 Å². The Labute approximate surface area is 118 Å². The molecule has 1 aliphatic carbocycles. The second-order valence-electron chi connectivity index (χ2n) is 6.87. The van der Waals surface area contributed by atoms with Crippen molar-refractivity contribution in [1.29, 1.82) is 0 Å². The minimum absolute atomic E-state index is 0.0596. The van der Waals surface area contributed by atoms with Crippen LogP contribution in [-0.4, -0.2) is 29.1 Å². The van der Waals surface area contributed by atoms with Gasteiger partial charge in [-0.3, -0.25) is 10.1 Å². The lowest BCUT2D eigenvalue weighted by Gasteiger charge is -2.32. The molecule has 4 atom stereocenters. The summed E-state index contributed by atoms with van der Waals surface area (Å²) in [4.78, 5) is 14.9. The topological polar surface area (TPSA) is 32.3 Å². The van der Waals surface area contributed by atoms with Gasteiger partial charge in [-0.25, -0.2) is 0 Å². The molecular weight excluding hydrogens is 236 g/mol. The fourth-order valence-electron chi connectivity index (χ4n) is 3.79. The van der Waals surface area contributed by atoms with E-state index in [-0.39, 0.29) is 12.2 Å². The number of carbonyl (C=O) groups excluding carboxylic acids is 1. The van der Waals surface area contributed by atoms with Crippen LogP contribution in [0.25, 0.3) is 0 Å². The Morgan fingerprint density at radius 2 is 2.11 bits per heavy atom. The number of hydrogen-bond donors (Lipinski definition) is 1. The fraction of sp³-hybridized carbons (Fsp3) is 0.938. The maximum atomic E-state index is 12.7. The number of carbonyl (C=O) groups is 1. The van der Waals surface area contributed by atoms with Crippen molar-refractivity contribution in [3.05, 3.63) is 0 Å². The highest BCUT2D eigenvalue weighted by atomic mass is 16.2. The van der Waals surface area contributed by atoms with Crippen LogP contribution >= 0.6 is 0 Å². The molecule has 1 saturated carbocycles. The highest BCUT2D eigenvalue weighted by Gasteiger charge is 2.44. The van der Waals surface area contributed by atoms with Gasteiger partial charge in [-0.05, 0) is 37.5 Å². The summed E-state index contributed by atoms with van der Waals surface area (Å²) in [5.74, 6) is 1.61. The maximum absolute atomic E-state index is 12.7. The first-order valence-electron chi connectivity index (χ1n) is 8.12. The number of rotatable bonds is 5. The van der Waals surface area contributed by atoms with E-state index >= 15 is 0 Å². The van der Waals surface area contributed by atoms with Gasteiger partial charge in [0.1, 0.15) is 0 Å². The van der Waals surface area contributed by atoms with Crippen molar-refractivity contribution in [3.8, 4) is 0 Å². The molecule has 0 aromatic rings. The number of nitrogens with one attached hydrogen (secondary N) is 1. The molecule has 1 saturated heterocycles. The zero-order chi connectivity index (χ0) is 14.0. The summed E-state index contributed by atoms with van der Waals surface area (Å²) in [7, 11) is 0. The van der Waals surface area contributed by atoms with E-state index in [1.807, 2.05) is 0 Å². The molecule has 1 N–H and O–H groups in total. The lowest BCUT2D eigenvalue weighted by molar-refractivity contribution is -0.133. The van der Waals surface area contributed by atoms with E-state index in [4.69, 9.17) is 0 Å². The highest BCUT2D eigenvalue weighted by Crippen LogP contribution is 2.34. The van der Waals surface area contributed by atoms with Gasteiger partial charge in [0, 0.05) is 6.04 Å². The first-order chi connectivity index (χ1) is 9.04. The maximum Gasteiger partial charge on any atom is 0.241 e. The van der Waals surface area contributed by atoms with E-state index in [9.17, 15) is 4.79 Å². The molecule has 19 heavy (non-hydrogen) atoms. The third-order valence-corrected chi connectivity index (χ3v) is 4.72. The van der Waals surface area contributed by atoms with E-state index in [0.717, 1.165) is 19.3 Å². The van der Waals surface area contributed by atoms with Gasteiger partial charge >= 0.3 is 0 Å². The lowest BCUT2D eigenvalue weighted by Crippen LogP contribution is -2.45. The van der Waals surface area contributed by atoms with Crippen molar-refractivity contribution in [2.45, 2.75) is 84.5 Å². The summed E-state index contributed by atoms with van der Waals surface area (Å²) in [6.07, 6.45) is 7.23. The quantitative estimate of drug-likeness (QED) is 0.829. The third kappa shape index (κ3) is 3.13. The van der Waals surface area contributed by atoms with Crippen molar-refractivity contribution in [1.82, 2.24) is 10.2 Å². The van der Waals surface area contributed by atoms with Gasteiger partial charge in [-0.1, -0.05) is 40.5 Å². The van der Waals surface area contributed by atoms with E-state index < -0.39 is 0 Å². The molecule has 110 valence electrons. The van der Waals surface area contributed by atoms with Crippen LogP contribution in [0.4, 0.5) is 0 Å². The summed E-state index contributed by atoms with van der Waals surface area (Å²) in [5, 5.41) is 3.60. The normalized spacial score (nSPS) is 35.6. The molecule has 4 unspecified atom stereocenters. The molecule has 3 nitrogen and oxygen atoms in total.